The van der Waals surface area contributed by atoms with Gasteiger partial charge in [-0.25, -0.2) is 0 Å². The van der Waals surface area contributed by atoms with Crippen LogP contribution in [0.4, 0.5) is 0 Å². The molecule has 2 unspecified atom stereocenters. The molecule has 0 bridgehead atoms. The minimum absolute atomic E-state index is 0.125. The molecule has 27 heavy (non-hydrogen) atoms. The van der Waals surface area contributed by atoms with Gasteiger partial charge in [0.05, 0.1) is 14.2 Å². The van der Waals surface area contributed by atoms with Crippen LogP contribution >= 0.6 is 0 Å². The summed E-state index contributed by atoms with van der Waals surface area (Å²) in [5, 5.41) is 3.32. The van der Waals surface area contributed by atoms with Crippen molar-refractivity contribution < 1.29 is 14.4 Å². The fraction of sp³-hybridized carbons (Fsp3) is 0.435. The van der Waals surface area contributed by atoms with Crippen LogP contribution in [0.3, 0.4) is 0 Å². The van der Waals surface area contributed by atoms with Crippen LogP contribution in [0, 0.1) is 0 Å². The Morgan fingerprint density at radius 1 is 1.07 bits per heavy atom. The molecule has 0 spiro atoms. The molecule has 0 saturated heterocycles. The van der Waals surface area contributed by atoms with Gasteiger partial charge in [0, 0.05) is 17.2 Å². The maximum absolute atomic E-state index is 13.2. The fourth-order valence-corrected chi connectivity index (χ4v) is 4.01. The average Bonchev–Trinajstić information content (AvgIpc) is 2.70. The molecule has 0 heterocycles. The number of methoxy groups -OCH3 is 1. The van der Waals surface area contributed by atoms with Crippen molar-refractivity contribution in [1.29, 1.82) is 0 Å². The molecule has 0 radical (unpaired) electrons. The first-order chi connectivity index (χ1) is 13.2. The molecule has 2 aromatic carbocycles. The highest BCUT2D eigenvalue weighted by Crippen LogP contribution is 2.20. The number of hydrogen-bond donors (Lipinski definition) is 2. The number of carbonyl (C=O) groups excluding carboxylic acids is 1. The molecule has 2 N–H and O–H groups in total. The van der Waals surface area contributed by atoms with Crippen molar-refractivity contribution in [2.45, 2.75) is 50.7 Å². The third-order valence-electron chi connectivity index (χ3n) is 5.48. The van der Waals surface area contributed by atoms with E-state index in [0.717, 1.165) is 30.7 Å². The molecule has 1 aliphatic rings. The third kappa shape index (κ3) is 5.33. The summed E-state index contributed by atoms with van der Waals surface area (Å²) in [6, 6.07) is 18.3. The average molecular weight is 368 g/mol. The Kier molecular flexibility index (Phi) is 6.88. The predicted molar refractivity (Wildman–Crippen MR) is 108 cm³/mol. The Bertz CT molecular complexity index is 709. The Morgan fingerprint density at radius 3 is 2.37 bits per heavy atom. The summed E-state index contributed by atoms with van der Waals surface area (Å²) in [5.41, 5.74) is 2.26. The van der Waals surface area contributed by atoms with Crippen molar-refractivity contribution in [2.75, 3.05) is 14.2 Å². The van der Waals surface area contributed by atoms with Crippen LogP contribution in [-0.2, 0) is 11.3 Å². The summed E-state index contributed by atoms with van der Waals surface area (Å²) in [7, 11) is 3.76. The molecule has 1 aliphatic carbocycles. The second kappa shape index (κ2) is 9.56. The number of carbonyl (C=O) groups is 1. The fourth-order valence-electron chi connectivity index (χ4n) is 4.01. The Morgan fingerprint density at radius 2 is 1.74 bits per heavy atom. The van der Waals surface area contributed by atoms with Crippen molar-refractivity contribution in [3.63, 3.8) is 0 Å². The van der Waals surface area contributed by atoms with Gasteiger partial charge in [-0.1, -0.05) is 49.6 Å². The van der Waals surface area contributed by atoms with E-state index in [1.165, 1.54) is 29.7 Å². The molecule has 1 fully saturated rings. The first-order valence-corrected chi connectivity index (χ1v) is 9.98. The van der Waals surface area contributed by atoms with Crippen LogP contribution in [0.1, 0.15) is 49.3 Å². The number of nitrogens with one attached hydrogen (secondary N) is 2. The Hall–Kier alpha value is -2.33. The number of amides is 1. The Labute approximate surface area is 162 Å². The van der Waals surface area contributed by atoms with E-state index < -0.39 is 0 Å². The number of likely N-dealkylation sites (N-methyl/N-ethyl adjacent to an activating group) is 1. The van der Waals surface area contributed by atoms with E-state index in [2.05, 4.69) is 24.5 Å². The minimum atomic E-state index is -0.238. The minimum Gasteiger partial charge on any atom is -0.497 e. The number of quaternary nitrogens is 1. The Balaban J connectivity index is 1.79. The molecule has 0 aromatic heterocycles. The van der Waals surface area contributed by atoms with Gasteiger partial charge in [-0.3, -0.25) is 4.79 Å². The van der Waals surface area contributed by atoms with Gasteiger partial charge < -0.3 is 15.0 Å². The van der Waals surface area contributed by atoms with Crippen LogP contribution in [0.5, 0.6) is 5.75 Å². The number of benzene rings is 2. The maximum atomic E-state index is 13.2. The van der Waals surface area contributed by atoms with Crippen molar-refractivity contribution in [3.05, 3.63) is 65.7 Å². The zero-order valence-electron chi connectivity index (χ0n) is 16.4. The normalized spacial score (nSPS) is 17.1. The predicted octanol–water partition coefficient (Wildman–Crippen LogP) is 2.90. The second-order valence-corrected chi connectivity index (χ2v) is 7.56. The third-order valence-corrected chi connectivity index (χ3v) is 5.48. The summed E-state index contributed by atoms with van der Waals surface area (Å²) in [6.45, 7) is 0.801. The van der Waals surface area contributed by atoms with Crippen LogP contribution < -0.4 is 15.0 Å². The lowest BCUT2D eigenvalue weighted by atomic mass is 9.94. The van der Waals surface area contributed by atoms with Crippen molar-refractivity contribution in [1.82, 2.24) is 5.32 Å². The number of rotatable bonds is 7. The molecular formula is C23H31N2O2+. The van der Waals surface area contributed by atoms with E-state index in [-0.39, 0.29) is 11.9 Å². The molecular weight excluding hydrogens is 336 g/mol. The van der Waals surface area contributed by atoms with E-state index in [4.69, 9.17) is 4.74 Å². The van der Waals surface area contributed by atoms with Gasteiger partial charge in [0.1, 0.15) is 12.3 Å². The van der Waals surface area contributed by atoms with Gasteiger partial charge in [0.25, 0.3) is 5.91 Å². The first-order valence-electron chi connectivity index (χ1n) is 9.98. The molecule has 1 saturated carbocycles. The number of hydrogen-bond acceptors (Lipinski definition) is 2. The van der Waals surface area contributed by atoms with E-state index in [1.807, 2.05) is 42.5 Å². The molecule has 2 atom stereocenters. The smallest absolute Gasteiger partial charge is 0.283 e. The summed E-state index contributed by atoms with van der Waals surface area (Å²) in [5.74, 6) is 0.936. The van der Waals surface area contributed by atoms with E-state index >= 15 is 0 Å². The van der Waals surface area contributed by atoms with E-state index in [0.29, 0.717) is 6.04 Å². The first kappa shape index (κ1) is 19.4. The summed E-state index contributed by atoms with van der Waals surface area (Å²) in [4.78, 5) is 14.4. The van der Waals surface area contributed by atoms with E-state index in [9.17, 15) is 4.79 Å². The molecule has 4 heteroatoms. The zero-order valence-corrected chi connectivity index (χ0v) is 16.4. The monoisotopic (exact) mass is 367 g/mol. The molecule has 1 amide bonds. The standard InChI is InChI=1S/C23H30N2O2/c1-25(17-18-9-5-3-6-10-18)22(19-13-15-21(27-2)16-14-19)23(26)24-20-11-7-4-8-12-20/h3,5-6,9-10,13-16,20,22H,4,7-8,11-12,17H2,1-2H3,(H,24,26)/p+1. The quantitative estimate of drug-likeness (QED) is 0.790. The number of ether oxygens (including phenoxy) is 1. The highest BCUT2D eigenvalue weighted by Gasteiger charge is 2.31. The van der Waals surface area contributed by atoms with Crippen molar-refractivity contribution in [2.24, 2.45) is 0 Å². The van der Waals surface area contributed by atoms with Crippen LogP contribution in [0.15, 0.2) is 54.6 Å². The van der Waals surface area contributed by atoms with Gasteiger partial charge >= 0.3 is 0 Å². The second-order valence-electron chi connectivity index (χ2n) is 7.56. The molecule has 2 aromatic rings. The van der Waals surface area contributed by atoms with Gasteiger partial charge in [-0.2, -0.15) is 0 Å². The molecule has 0 aliphatic heterocycles. The van der Waals surface area contributed by atoms with Crippen molar-refractivity contribution >= 4 is 5.91 Å². The zero-order chi connectivity index (χ0) is 19.1. The largest absolute Gasteiger partial charge is 0.497 e. The molecule has 4 nitrogen and oxygen atoms in total. The van der Waals surface area contributed by atoms with Crippen LogP contribution in [-0.4, -0.2) is 26.1 Å². The molecule has 144 valence electrons. The SMILES string of the molecule is COc1ccc(C(C(=O)NC2CCCCC2)[NH+](C)Cc2ccccc2)cc1. The van der Waals surface area contributed by atoms with Crippen LogP contribution in [0.25, 0.3) is 0 Å². The van der Waals surface area contributed by atoms with Gasteiger partial charge in [-0.05, 0) is 37.1 Å². The summed E-state index contributed by atoms with van der Waals surface area (Å²) < 4.78 is 5.28. The maximum Gasteiger partial charge on any atom is 0.283 e. The lowest BCUT2D eigenvalue weighted by Gasteiger charge is -2.28. The van der Waals surface area contributed by atoms with Crippen LogP contribution in [0.2, 0.25) is 0 Å². The van der Waals surface area contributed by atoms with E-state index in [1.54, 1.807) is 7.11 Å². The van der Waals surface area contributed by atoms with Crippen molar-refractivity contribution in [3.8, 4) is 5.75 Å². The lowest BCUT2D eigenvalue weighted by molar-refractivity contribution is -0.916. The topological polar surface area (TPSA) is 42.8 Å². The summed E-state index contributed by atoms with van der Waals surface area (Å²) >= 11 is 0. The molecule has 3 rings (SSSR count). The lowest BCUT2D eigenvalue weighted by Crippen LogP contribution is -3.09. The highest BCUT2D eigenvalue weighted by atomic mass is 16.5. The van der Waals surface area contributed by atoms with Gasteiger partial charge in [0.15, 0.2) is 6.04 Å². The van der Waals surface area contributed by atoms with Gasteiger partial charge in [0.2, 0.25) is 0 Å². The van der Waals surface area contributed by atoms with Gasteiger partial charge in [-0.15, -0.1) is 0 Å². The highest BCUT2D eigenvalue weighted by molar-refractivity contribution is 5.82. The summed E-state index contributed by atoms with van der Waals surface area (Å²) in [6.07, 6.45) is 5.90.